The normalized spacial score (nSPS) is 11.8. The van der Waals surface area contributed by atoms with Crippen LogP contribution in [0.15, 0.2) is 24.5 Å². The molecule has 0 aliphatic rings. The lowest BCUT2D eigenvalue weighted by molar-refractivity contribution is 0.400. The summed E-state index contributed by atoms with van der Waals surface area (Å²) in [6, 6.07) is 5.92. The molecule has 0 N–H and O–H groups in total. The first-order valence-electron chi connectivity index (χ1n) is 5.56. The van der Waals surface area contributed by atoms with Crippen molar-refractivity contribution < 1.29 is 0 Å². The first-order chi connectivity index (χ1) is 7.88. The van der Waals surface area contributed by atoms with E-state index in [1.165, 1.54) is 0 Å². The van der Waals surface area contributed by atoms with Gasteiger partial charge in [-0.25, -0.2) is 0 Å². The van der Waals surface area contributed by atoms with Crippen LogP contribution in [0.3, 0.4) is 0 Å². The van der Waals surface area contributed by atoms with Crippen molar-refractivity contribution in [2.45, 2.75) is 33.2 Å². The van der Waals surface area contributed by atoms with Gasteiger partial charge in [-0.3, -0.25) is 0 Å². The standard InChI is InChI=1S/C13H16ClN3/c1-9-5-10(7-11(14)6-9)12-16-15-8-17(12)13(2,3)4/h5-8H,1-4H3. The molecular weight excluding hydrogens is 234 g/mol. The second kappa shape index (κ2) is 4.15. The van der Waals surface area contributed by atoms with E-state index in [0.717, 1.165) is 22.0 Å². The van der Waals surface area contributed by atoms with E-state index in [-0.39, 0.29) is 5.54 Å². The molecule has 2 aromatic rings. The van der Waals surface area contributed by atoms with Crippen LogP contribution in [0.1, 0.15) is 26.3 Å². The molecule has 0 amide bonds. The summed E-state index contributed by atoms with van der Waals surface area (Å²) in [5.41, 5.74) is 2.08. The predicted octanol–water partition coefficient (Wildman–Crippen LogP) is 3.66. The average molecular weight is 250 g/mol. The molecule has 0 saturated heterocycles. The molecule has 0 fully saturated rings. The van der Waals surface area contributed by atoms with Crippen molar-refractivity contribution in [3.63, 3.8) is 0 Å². The molecule has 0 spiro atoms. The van der Waals surface area contributed by atoms with Gasteiger partial charge in [0.05, 0.1) is 0 Å². The number of hydrogen-bond donors (Lipinski definition) is 0. The van der Waals surface area contributed by atoms with Crippen LogP contribution in [0.4, 0.5) is 0 Å². The molecule has 90 valence electrons. The highest BCUT2D eigenvalue weighted by Gasteiger charge is 2.18. The van der Waals surface area contributed by atoms with Gasteiger partial charge in [0.2, 0.25) is 0 Å². The van der Waals surface area contributed by atoms with Crippen LogP contribution in [-0.2, 0) is 5.54 Å². The Balaban J connectivity index is 2.57. The third-order valence-electron chi connectivity index (χ3n) is 2.57. The Hall–Kier alpha value is -1.35. The largest absolute Gasteiger partial charge is 0.308 e. The number of aromatic nitrogens is 3. The van der Waals surface area contributed by atoms with Crippen molar-refractivity contribution >= 4 is 11.6 Å². The SMILES string of the molecule is Cc1cc(Cl)cc(-c2nncn2C(C)(C)C)c1. The smallest absolute Gasteiger partial charge is 0.164 e. The molecule has 1 heterocycles. The maximum atomic E-state index is 6.08. The quantitative estimate of drug-likeness (QED) is 0.772. The van der Waals surface area contributed by atoms with E-state index in [0.29, 0.717) is 0 Å². The van der Waals surface area contributed by atoms with Gasteiger partial charge in [0, 0.05) is 16.1 Å². The van der Waals surface area contributed by atoms with Crippen LogP contribution < -0.4 is 0 Å². The minimum Gasteiger partial charge on any atom is -0.308 e. The highest BCUT2D eigenvalue weighted by atomic mass is 35.5. The van der Waals surface area contributed by atoms with Crippen molar-refractivity contribution in [3.05, 3.63) is 35.1 Å². The fraction of sp³-hybridized carbons (Fsp3) is 0.385. The number of rotatable bonds is 1. The molecule has 3 nitrogen and oxygen atoms in total. The van der Waals surface area contributed by atoms with Crippen LogP contribution in [-0.4, -0.2) is 14.8 Å². The van der Waals surface area contributed by atoms with E-state index in [1.54, 1.807) is 6.33 Å². The van der Waals surface area contributed by atoms with E-state index in [2.05, 4.69) is 41.6 Å². The molecule has 4 heteroatoms. The number of halogens is 1. The monoisotopic (exact) mass is 249 g/mol. The average Bonchev–Trinajstić information content (AvgIpc) is 2.63. The lowest BCUT2D eigenvalue weighted by Crippen LogP contribution is -2.21. The molecule has 1 aromatic carbocycles. The van der Waals surface area contributed by atoms with Gasteiger partial charge in [0.25, 0.3) is 0 Å². The fourth-order valence-electron chi connectivity index (χ4n) is 1.79. The van der Waals surface area contributed by atoms with Crippen LogP contribution in [0.5, 0.6) is 0 Å². The topological polar surface area (TPSA) is 30.7 Å². The zero-order valence-corrected chi connectivity index (χ0v) is 11.3. The number of benzene rings is 1. The Morgan fingerprint density at radius 1 is 1.18 bits per heavy atom. The first kappa shape index (κ1) is 12.1. The Bertz CT molecular complexity index is 518. The van der Waals surface area contributed by atoms with E-state index in [9.17, 15) is 0 Å². The lowest BCUT2D eigenvalue weighted by atomic mass is 10.1. The minimum absolute atomic E-state index is 0.0466. The lowest BCUT2D eigenvalue weighted by Gasteiger charge is -2.22. The molecule has 0 aliphatic heterocycles. The number of hydrogen-bond acceptors (Lipinski definition) is 2. The van der Waals surface area contributed by atoms with Crippen molar-refractivity contribution in [3.8, 4) is 11.4 Å². The molecule has 2 rings (SSSR count). The summed E-state index contributed by atoms with van der Waals surface area (Å²) in [6.45, 7) is 8.39. The van der Waals surface area contributed by atoms with Gasteiger partial charge < -0.3 is 4.57 Å². The minimum atomic E-state index is -0.0466. The number of nitrogens with zero attached hydrogens (tertiary/aromatic N) is 3. The zero-order valence-electron chi connectivity index (χ0n) is 10.5. The summed E-state index contributed by atoms with van der Waals surface area (Å²) in [5.74, 6) is 0.850. The second-order valence-electron chi connectivity index (χ2n) is 5.21. The third kappa shape index (κ3) is 2.50. The Morgan fingerprint density at radius 3 is 2.47 bits per heavy atom. The van der Waals surface area contributed by atoms with Crippen molar-refractivity contribution in [2.75, 3.05) is 0 Å². The summed E-state index contributed by atoms with van der Waals surface area (Å²) < 4.78 is 2.05. The van der Waals surface area contributed by atoms with E-state index >= 15 is 0 Å². The van der Waals surface area contributed by atoms with E-state index in [1.807, 2.05) is 19.1 Å². The molecule has 0 saturated carbocycles. The molecule has 0 radical (unpaired) electrons. The van der Waals surface area contributed by atoms with Crippen LogP contribution in [0, 0.1) is 6.92 Å². The van der Waals surface area contributed by atoms with Crippen LogP contribution in [0.2, 0.25) is 5.02 Å². The van der Waals surface area contributed by atoms with Gasteiger partial charge in [-0.05, 0) is 51.5 Å². The second-order valence-corrected chi connectivity index (χ2v) is 5.65. The van der Waals surface area contributed by atoms with E-state index < -0.39 is 0 Å². The molecule has 1 aromatic heterocycles. The number of aryl methyl sites for hydroxylation is 1. The van der Waals surface area contributed by atoms with Gasteiger partial charge in [-0.15, -0.1) is 10.2 Å². The molecule has 0 bridgehead atoms. The summed E-state index contributed by atoms with van der Waals surface area (Å²) >= 11 is 6.08. The highest BCUT2D eigenvalue weighted by molar-refractivity contribution is 6.30. The van der Waals surface area contributed by atoms with Gasteiger partial charge in [0.1, 0.15) is 6.33 Å². The van der Waals surface area contributed by atoms with Crippen molar-refractivity contribution in [2.24, 2.45) is 0 Å². The van der Waals surface area contributed by atoms with Crippen LogP contribution in [0.25, 0.3) is 11.4 Å². The summed E-state index contributed by atoms with van der Waals surface area (Å²) in [7, 11) is 0. The summed E-state index contributed by atoms with van der Waals surface area (Å²) in [4.78, 5) is 0. The Morgan fingerprint density at radius 2 is 1.88 bits per heavy atom. The van der Waals surface area contributed by atoms with Crippen LogP contribution >= 0.6 is 11.6 Å². The first-order valence-corrected chi connectivity index (χ1v) is 5.94. The summed E-state index contributed by atoms with van der Waals surface area (Å²) in [5, 5.41) is 8.91. The molecule has 0 aliphatic carbocycles. The van der Waals surface area contributed by atoms with Gasteiger partial charge >= 0.3 is 0 Å². The maximum absolute atomic E-state index is 6.08. The predicted molar refractivity (Wildman–Crippen MR) is 70.2 cm³/mol. The molecule has 17 heavy (non-hydrogen) atoms. The van der Waals surface area contributed by atoms with Crippen molar-refractivity contribution in [1.82, 2.24) is 14.8 Å². The Labute approximate surface area is 106 Å². The maximum Gasteiger partial charge on any atom is 0.164 e. The Kier molecular flexibility index (Phi) is 2.96. The highest BCUT2D eigenvalue weighted by Crippen LogP contribution is 2.26. The van der Waals surface area contributed by atoms with E-state index in [4.69, 9.17) is 11.6 Å². The third-order valence-corrected chi connectivity index (χ3v) is 2.79. The summed E-state index contributed by atoms with van der Waals surface area (Å²) in [6.07, 6.45) is 1.76. The van der Waals surface area contributed by atoms with Crippen molar-refractivity contribution in [1.29, 1.82) is 0 Å². The molecule has 0 atom stereocenters. The van der Waals surface area contributed by atoms with Gasteiger partial charge in [-0.1, -0.05) is 11.6 Å². The molecular formula is C13H16ClN3. The van der Waals surface area contributed by atoms with Gasteiger partial charge in [0.15, 0.2) is 5.82 Å². The van der Waals surface area contributed by atoms with Gasteiger partial charge in [-0.2, -0.15) is 0 Å². The zero-order chi connectivity index (χ0) is 12.6. The fourth-order valence-corrected chi connectivity index (χ4v) is 2.08. The molecule has 0 unspecified atom stereocenters.